The molecule has 2 aromatic rings. The van der Waals surface area contributed by atoms with E-state index in [0.717, 1.165) is 6.20 Å². The van der Waals surface area contributed by atoms with Crippen LogP contribution in [0.15, 0.2) is 10.7 Å². The Morgan fingerprint density at radius 2 is 2.14 bits per heavy atom. The standard InChI is InChI=1S/C12H15F3N4OS/c1-7(2)10-18-9(20-19-10)4-3-5-16-11-17-6-8(21-11)12(13,14)15/h6-7H,3-5H2,1-2H3,(H,16,17). The number of alkyl halides is 3. The highest BCUT2D eigenvalue weighted by Gasteiger charge is 2.33. The maximum Gasteiger partial charge on any atom is 0.427 e. The Hall–Kier alpha value is -1.64. The summed E-state index contributed by atoms with van der Waals surface area (Å²) in [7, 11) is 0. The number of nitrogens with zero attached hydrogens (tertiary/aromatic N) is 3. The fourth-order valence-corrected chi connectivity index (χ4v) is 2.24. The molecule has 0 fully saturated rings. The van der Waals surface area contributed by atoms with E-state index in [0.29, 0.717) is 42.4 Å². The quantitative estimate of drug-likeness (QED) is 0.822. The Labute approximate surface area is 123 Å². The van der Waals surface area contributed by atoms with Gasteiger partial charge in [0.1, 0.15) is 4.88 Å². The van der Waals surface area contributed by atoms with E-state index in [1.165, 1.54) is 0 Å². The number of aromatic nitrogens is 3. The van der Waals surface area contributed by atoms with E-state index in [-0.39, 0.29) is 11.0 Å². The van der Waals surface area contributed by atoms with E-state index < -0.39 is 11.1 Å². The van der Waals surface area contributed by atoms with E-state index in [2.05, 4.69) is 20.4 Å². The van der Waals surface area contributed by atoms with Crippen molar-refractivity contribution < 1.29 is 17.7 Å². The molecule has 0 amide bonds. The lowest BCUT2D eigenvalue weighted by molar-refractivity contribution is -0.134. The normalized spacial score (nSPS) is 12.1. The van der Waals surface area contributed by atoms with Gasteiger partial charge in [-0.1, -0.05) is 30.3 Å². The summed E-state index contributed by atoms with van der Waals surface area (Å²) in [5, 5.41) is 6.96. The molecule has 2 heterocycles. The summed E-state index contributed by atoms with van der Waals surface area (Å²) < 4.78 is 42.3. The first-order valence-electron chi connectivity index (χ1n) is 6.45. The largest absolute Gasteiger partial charge is 0.427 e. The maximum atomic E-state index is 12.4. The number of halogens is 3. The molecule has 0 aliphatic carbocycles. The highest BCUT2D eigenvalue weighted by atomic mass is 32.1. The van der Waals surface area contributed by atoms with Crippen LogP contribution >= 0.6 is 11.3 Å². The molecule has 0 saturated carbocycles. The fraction of sp³-hybridized carbons (Fsp3) is 0.583. The minimum absolute atomic E-state index is 0.205. The highest BCUT2D eigenvalue weighted by molar-refractivity contribution is 7.15. The smallest absolute Gasteiger partial charge is 0.361 e. The van der Waals surface area contributed by atoms with E-state index in [4.69, 9.17) is 4.52 Å². The second-order valence-electron chi connectivity index (χ2n) is 4.76. The predicted molar refractivity (Wildman–Crippen MR) is 72.3 cm³/mol. The molecule has 2 aromatic heterocycles. The Kier molecular flexibility index (Phi) is 4.81. The van der Waals surface area contributed by atoms with Crippen LogP contribution in [0.5, 0.6) is 0 Å². The molecule has 21 heavy (non-hydrogen) atoms. The number of rotatable bonds is 6. The van der Waals surface area contributed by atoms with Crippen molar-refractivity contribution in [3.63, 3.8) is 0 Å². The zero-order chi connectivity index (χ0) is 15.5. The molecule has 116 valence electrons. The summed E-state index contributed by atoms with van der Waals surface area (Å²) >= 11 is 0.595. The van der Waals surface area contributed by atoms with Gasteiger partial charge >= 0.3 is 6.18 Å². The monoisotopic (exact) mass is 320 g/mol. The van der Waals surface area contributed by atoms with Crippen LogP contribution in [0.1, 0.15) is 42.8 Å². The lowest BCUT2D eigenvalue weighted by Crippen LogP contribution is -2.03. The molecule has 0 saturated heterocycles. The van der Waals surface area contributed by atoms with Crippen molar-refractivity contribution in [2.75, 3.05) is 11.9 Å². The molecule has 0 aromatic carbocycles. The maximum absolute atomic E-state index is 12.4. The van der Waals surface area contributed by atoms with Gasteiger partial charge in [-0.25, -0.2) is 4.98 Å². The van der Waals surface area contributed by atoms with Crippen molar-refractivity contribution in [3.05, 3.63) is 22.8 Å². The van der Waals surface area contributed by atoms with Crippen LogP contribution in [-0.2, 0) is 12.6 Å². The number of hydrogen-bond donors (Lipinski definition) is 1. The summed E-state index contributed by atoms with van der Waals surface area (Å²) in [6.45, 7) is 4.43. The number of thiazole rings is 1. The number of anilines is 1. The average molecular weight is 320 g/mol. The van der Waals surface area contributed by atoms with Crippen molar-refractivity contribution in [2.24, 2.45) is 0 Å². The van der Waals surface area contributed by atoms with Gasteiger partial charge in [0.2, 0.25) is 5.89 Å². The molecule has 0 radical (unpaired) electrons. The van der Waals surface area contributed by atoms with Gasteiger partial charge in [-0.2, -0.15) is 18.2 Å². The minimum atomic E-state index is -4.34. The molecule has 0 atom stereocenters. The third-order valence-corrected chi connectivity index (χ3v) is 3.63. The zero-order valence-corrected chi connectivity index (χ0v) is 12.4. The van der Waals surface area contributed by atoms with Gasteiger partial charge in [-0.05, 0) is 6.42 Å². The minimum Gasteiger partial charge on any atom is -0.361 e. The molecule has 9 heteroatoms. The van der Waals surface area contributed by atoms with E-state index >= 15 is 0 Å². The van der Waals surface area contributed by atoms with Crippen molar-refractivity contribution in [1.82, 2.24) is 15.1 Å². The van der Waals surface area contributed by atoms with Crippen LogP contribution in [0.2, 0.25) is 0 Å². The van der Waals surface area contributed by atoms with Crippen molar-refractivity contribution in [1.29, 1.82) is 0 Å². The van der Waals surface area contributed by atoms with Gasteiger partial charge in [-0.15, -0.1) is 0 Å². The number of aryl methyl sites for hydroxylation is 1. The van der Waals surface area contributed by atoms with Gasteiger partial charge in [0.25, 0.3) is 0 Å². The third kappa shape index (κ3) is 4.42. The van der Waals surface area contributed by atoms with E-state index in [1.807, 2.05) is 13.8 Å². The molecule has 0 aliphatic heterocycles. The Bertz CT molecular complexity index is 579. The Morgan fingerprint density at radius 1 is 1.38 bits per heavy atom. The fourth-order valence-electron chi connectivity index (χ4n) is 1.53. The van der Waals surface area contributed by atoms with Crippen molar-refractivity contribution >= 4 is 16.5 Å². The highest BCUT2D eigenvalue weighted by Crippen LogP contribution is 2.34. The van der Waals surface area contributed by atoms with Gasteiger partial charge in [0.15, 0.2) is 11.0 Å². The topological polar surface area (TPSA) is 63.8 Å². The number of nitrogens with one attached hydrogen (secondary N) is 1. The van der Waals surface area contributed by atoms with Gasteiger partial charge in [-0.3, -0.25) is 0 Å². The summed E-state index contributed by atoms with van der Waals surface area (Å²) in [5.74, 6) is 1.40. The van der Waals surface area contributed by atoms with Crippen LogP contribution in [-0.4, -0.2) is 21.7 Å². The van der Waals surface area contributed by atoms with Gasteiger partial charge < -0.3 is 9.84 Å². The van der Waals surface area contributed by atoms with E-state index in [1.54, 1.807) is 0 Å². The Morgan fingerprint density at radius 3 is 2.71 bits per heavy atom. The molecule has 0 unspecified atom stereocenters. The second-order valence-corrected chi connectivity index (χ2v) is 5.79. The second kappa shape index (κ2) is 6.42. The zero-order valence-electron chi connectivity index (χ0n) is 11.6. The lowest BCUT2D eigenvalue weighted by Gasteiger charge is -2.01. The molecule has 5 nitrogen and oxygen atoms in total. The van der Waals surface area contributed by atoms with Crippen molar-refractivity contribution in [3.8, 4) is 0 Å². The lowest BCUT2D eigenvalue weighted by atomic mass is 10.2. The van der Waals surface area contributed by atoms with Gasteiger partial charge in [0, 0.05) is 18.9 Å². The van der Waals surface area contributed by atoms with Gasteiger partial charge in [0.05, 0.1) is 6.20 Å². The van der Waals surface area contributed by atoms with Crippen molar-refractivity contribution in [2.45, 2.75) is 38.8 Å². The molecular formula is C12H15F3N4OS. The summed E-state index contributed by atoms with van der Waals surface area (Å²) in [6, 6.07) is 0. The molecule has 1 N–H and O–H groups in total. The van der Waals surface area contributed by atoms with Crippen LogP contribution < -0.4 is 5.32 Å². The summed E-state index contributed by atoms with van der Waals surface area (Å²) in [6.07, 6.45) is -2.26. The first kappa shape index (κ1) is 15.7. The van der Waals surface area contributed by atoms with Crippen LogP contribution in [0.3, 0.4) is 0 Å². The van der Waals surface area contributed by atoms with E-state index in [9.17, 15) is 13.2 Å². The summed E-state index contributed by atoms with van der Waals surface area (Å²) in [4.78, 5) is 7.21. The first-order valence-corrected chi connectivity index (χ1v) is 7.27. The van der Waals surface area contributed by atoms with Crippen LogP contribution in [0.25, 0.3) is 0 Å². The Balaban J connectivity index is 1.75. The average Bonchev–Trinajstić information content (AvgIpc) is 3.03. The molecule has 0 spiro atoms. The third-order valence-electron chi connectivity index (χ3n) is 2.63. The predicted octanol–water partition coefficient (Wildman–Crippen LogP) is 3.71. The molecule has 0 bridgehead atoms. The molecule has 0 aliphatic rings. The molecular weight excluding hydrogens is 305 g/mol. The first-order chi connectivity index (χ1) is 9.86. The van der Waals surface area contributed by atoms with Crippen LogP contribution in [0.4, 0.5) is 18.3 Å². The van der Waals surface area contributed by atoms with Crippen LogP contribution in [0, 0.1) is 0 Å². The summed E-state index contributed by atoms with van der Waals surface area (Å²) in [5.41, 5.74) is 0. The SMILES string of the molecule is CC(C)c1noc(CCCNc2ncc(C(F)(F)F)s2)n1. The molecule has 2 rings (SSSR count). The number of hydrogen-bond acceptors (Lipinski definition) is 6.